The van der Waals surface area contributed by atoms with Crippen molar-refractivity contribution in [3.8, 4) is 0 Å². The molecule has 2 fully saturated rings. The highest BCUT2D eigenvalue weighted by Gasteiger charge is 2.33. The van der Waals surface area contributed by atoms with Crippen molar-refractivity contribution in [2.24, 2.45) is 11.8 Å². The molecule has 1 saturated carbocycles. The number of aromatic nitrogens is 1. The van der Waals surface area contributed by atoms with E-state index in [-0.39, 0.29) is 24.0 Å². The van der Waals surface area contributed by atoms with Crippen LogP contribution in [0, 0.1) is 25.7 Å². The van der Waals surface area contributed by atoms with Gasteiger partial charge < -0.3 is 14.6 Å². The van der Waals surface area contributed by atoms with Crippen LogP contribution in [0.2, 0.25) is 0 Å². The summed E-state index contributed by atoms with van der Waals surface area (Å²) in [4.78, 5) is 41.2. The molecule has 1 N–H and O–H groups in total. The van der Waals surface area contributed by atoms with Gasteiger partial charge in [0.05, 0.1) is 0 Å². The number of rotatable bonds is 4. The number of ketones is 1. The molecule has 26 heavy (non-hydrogen) atoms. The molecule has 1 aromatic heterocycles. The highest BCUT2D eigenvalue weighted by Crippen LogP contribution is 2.36. The van der Waals surface area contributed by atoms with E-state index in [0.717, 1.165) is 25.4 Å². The Morgan fingerprint density at radius 2 is 1.81 bits per heavy atom. The number of aryl methyl sites for hydroxylation is 1. The van der Waals surface area contributed by atoms with Crippen LogP contribution in [0.3, 0.4) is 0 Å². The van der Waals surface area contributed by atoms with Gasteiger partial charge in [-0.05, 0) is 51.0 Å². The predicted molar refractivity (Wildman–Crippen MR) is 97.2 cm³/mol. The summed E-state index contributed by atoms with van der Waals surface area (Å²) >= 11 is 0. The molecular formula is C20H28N2O4. The smallest absolute Gasteiger partial charge is 0.355 e. The quantitative estimate of drug-likeness (QED) is 0.661. The summed E-state index contributed by atoms with van der Waals surface area (Å²) < 4.78 is 5.24. The van der Waals surface area contributed by atoms with Crippen molar-refractivity contribution >= 4 is 17.7 Å². The van der Waals surface area contributed by atoms with Gasteiger partial charge in [-0.1, -0.05) is 19.3 Å². The third-order valence-electron chi connectivity index (χ3n) is 5.96. The number of hydrogen-bond donors (Lipinski definition) is 1. The number of carbonyl (C=O) groups excluding carboxylic acids is 3. The van der Waals surface area contributed by atoms with Crippen LogP contribution >= 0.6 is 0 Å². The molecule has 0 aromatic carbocycles. The molecule has 2 atom stereocenters. The summed E-state index contributed by atoms with van der Waals surface area (Å²) in [6, 6.07) is 0. The number of piperidine rings is 1. The molecule has 6 nitrogen and oxygen atoms in total. The molecule has 0 unspecified atom stereocenters. The number of aromatic amines is 1. The van der Waals surface area contributed by atoms with Gasteiger partial charge >= 0.3 is 5.97 Å². The summed E-state index contributed by atoms with van der Waals surface area (Å²) in [7, 11) is 0. The van der Waals surface area contributed by atoms with Crippen LogP contribution in [0.15, 0.2) is 0 Å². The van der Waals surface area contributed by atoms with Gasteiger partial charge in [-0.2, -0.15) is 0 Å². The number of esters is 1. The molecule has 1 aliphatic carbocycles. The third kappa shape index (κ3) is 3.69. The molecule has 0 spiro atoms. The minimum atomic E-state index is -0.584. The Bertz CT molecular complexity index is 722. The van der Waals surface area contributed by atoms with Gasteiger partial charge in [0.15, 0.2) is 12.4 Å². The van der Waals surface area contributed by atoms with Crippen molar-refractivity contribution < 1.29 is 19.1 Å². The number of hydrogen-bond acceptors (Lipinski definition) is 4. The van der Waals surface area contributed by atoms with Crippen molar-refractivity contribution in [1.29, 1.82) is 0 Å². The minimum Gasteiger partial charge on any atom is -0.451 e. The van der Waals surface area contributed by atoms with E-state index < -0.39 is 5.97 Å². The third-order valence-corrected chi connectivity index (χ3v) is 5.96. The normalized spacial score (nSPS) is 22.7. The lowest BCUT2D eigenvalue weighted by Crippen LogP contribution is -2.46. The summed E-state index contributed by atoms with van der Waals surface area (Å²) in [5.74, 6) is 0.546. The second kappa shape index (κ2) is 7.64. The first-order chi connectivity index (χ1) is 12.4. The number of likely N-dealkylation sites (tertiary alicyclic amines) is 1. The lowest BCUT2D eigenvalue weighted by atomic mass is 9.75. The number of nitrogens with zero attached hydrogens (tertiary/aromatic N) is 1. The van der Waals surface area contributed by atoms with Crippen molar-refractivity contribution in [1.82, 2.24) is 9.88 Å². The number of Topliss-reactive ketones (excluding diaryl/α,β-unsaturated/α-hetero) is 1. The Morgan fingerprint density at radius 3 is 2.46 bits per heavy atom. The number of nitrogens with one attached hydrogen (secondary N) is 1. The molecular weight excluding hydrogens is 332 g/mol. The standard InChI is InChI=1S/C20H28N2O4/c1-12-18(14(3)23)13(2)21-19(12)20(25)26-11-17(24)22-9-8-15-6-4-5-7-16(15)10-22/h15-16,21H,4-11H2,1-3H3/t15-,16-/m1/s1. The van der Waals surface area contributed by atoms with Crippen molar-refractivity contribution in [3.05, 3.63) is 22.5 Å². The van der Waals surface area contributed by atoms with Gasteiger partial charge in [0.25, 0.3) is 5.91 Å². The van der Waals surface area contributed by atoms with Gasteiger partial charge in [-0.3, -0.25) is 9.59 Å². The van der Waals surface area contributed by atoms with Crippen LogP contribution in [0.1, 0.15) is 71.1 Å². The molecule has 0 bridgehead atoms. The zero-order valence-electron chi connectivity index (χ0n) is 15.9. The highest BCUT2D eigenvalue weighted by atomic mass is 16.5. The topological polar surface area (TPSA) is 79.5 Å². The zero-order valence-corrected chi connectivity index (χ0v) is 15.9. The first kappa shape index (κ1) is 18.7. The molecule has 1 aromatic rings. The number of H-pyrrole nitrogens is 1. The summed E-state index contributed by atoms with van der Waals surface area (Å²) in [5, 5.41) is 0. The molecule has 1 aliphatic heterocycles. The second-order valence-electron chi connectivity index (χ2n) is 7.69. The van der Waals surface area contributed by atoms with E-state index in [2.05, 4.69) is 4.98 Å². The van der Waals surface area contributed by atoms with Gasteiger partial charge in [0, 0.05) is 24.3 Å². The number of ether oxygens (including phenoxy) is 1. The van der Waals surface area contributed by atoms with Crippen molar-refractivity contribution in [2.75, 3.05) is 19.7 Å². The Morgan fingerprint density at radius 1 is 1.12 bits per heavy atom. The van der Waals surface area contributed by atoms with E-state index in [4.69, 9.17) is 4.74 Å². The maximum absolute atomic E-state index is 12.5. The number of fused-ring (bicyclic) bond motifs is 1. The monoisotopic (exact) mass is 360 g/mol. The largest absolute Gasteiger partial charge is 0.451 e. The van der Waals surface area contributed by atoms with Crippen LogP contribution in [0.4, 0.5) is 0 Å². The maximum atomic E-state index is 12.5. The Labute approximate surface area is 154 Å². The van der Waals surface area contributed by atoms with Crippen molar-refractivity contribution in [3.63, 3.8) is 0 Å². The van der Waals surface area contributed by atoms with Crippen LogP contribution in [-0.4, -0.2) is 47.2 Å². The fourth-order valence-corrected chi connectivity index (χ4v) is 4.60. The maximum Gasteiger partial charge on any atom is 0.355 e. The molecule has 0 radical (unpaired) electrons. The van der Waals surface area contributed by atoms with Crippen LogP contribution in [0.25, 0.3) is 0 Å². The summed E-state index contributed by atoms with van der Waals surface area (Å²) in [6.07, 6.45) is 6.10. The molecule has 3 rings (SSSR count). The molecule has 2 aliphatic rings. The SMILES string of the molecule is CC(=O)c1c(C)[nH]c(C(=O)OCC(=O)N2CC[C@H]3CCCC[C@@H]3C2)c1C. The van der Waals surface area contributed by atoms with Crippen LogP contribution < -0.4 is 0 Å². The fraction of sp³-hybridized carbons (Fsp3) is 0.650. The molecule has 6 heteroatoms. The summed E-state index contributed by atoms with van der Waals surface area (Å²) in [5.41, 5.74) is 2.00. The summed E-state index contributed by atoms with van der Waals surface area (Å²) in [6.45, 7) is 6.23. The van der Waals surface area contributed by atoms with E-state index in [1.165, 1.54) is 32.6 Å². The van der Waals surface area contributed by atoms with Gasteiger partial charge in [-0.25, -0.2) is 4.79 Å². The van der Waals surface area contributed by atoms with Gasteiger partial charge in [0.1, 0.15) is 5.69 Å². The van der Waals surface area contributed by atoms with E-state index in [1.807, 2.05) is 4.90 Å². The van der Waals surface area contributed by atoms with E-state index >= 15 is 0 Å². The minimum absolute atomic E-state index is 0.0956. The number of carbonyl (C=O) groups is 3. The Kier molecular flexibility index (Phi) is 5.49. The Hall–Kier alpha value is -2.11. The molecule has 2 heterocycles. The molecule has 142 valence electrons. The zero-order chi connectivity index (χ0) is 18.8. The molecule has 1 saturated heterocycles. The lowest BCUT2D eigenvalue weighted by molar-refractivity contribution is -0.137. The second-order valence-corrected chi connectivity index (χ2v) is 7.69. The van der Waals surface area contributed by atoms with E-state index in [1.54, 1.807) is 13.8 Å². The predicted octanol–water partition coefficient (Wildman–Crippen LogP) is 3.03. The average molecular weight is 360 g/mol. The first-order valence-corrected chi connectivity index (χ1v) is 9.53. The highest BCUT2D eigenvalue weighted by molar-refractivity contribution is 6.01. The van der Waals surface area contributed by atoms with Crippen LogP contribution in [0.5, 0.6) is 0 Å². The lowest BCUT2D eigenvalue weighted by Gasteiger charge is -2.41. The van der Waals surface area contributed by atoms with E-state index in [9.17, 15) is 14.4 Å². The first-order valence-electron chi connectivity index (χ1n) is 9.53. The average Bonchev–Trinajstić information content (AvgIpc) is 2.93. The van der Waals surface area contributed by atoms with Crippen LogP contribution in [-0.2, 0) is 9.53 Å². The van der Waals surface area contributed by atoms with Gasteiger partial charge in [0.2, 0.25) is 0 Å². The Balaban J connectivity index is 1.57. The number of amides is 1. The van der Waals surface area contributed by atoms with E-state index in [0.29, 0.717) is 22.7 Å². The fourth-order valence-electron chi connectivity index (χ4n) is 4.60. The van der Waals surface area contributed by atoms with Crippen molar-refractivity contribution in [2.45, 2.75) is 52.9 Å². The molecule has 1 amide bonds. The van der Waals surface area contributed by atoms with Gasteiger partial charge in [-0.15, -0.1) is 0 Å².